The lowest BCUT2D eigenvalue weighted by molar-refractivity contribution is 0.257. The van der Waals surface area contributed by atoms with Crippen LogP contribution < -0.4 is 10.3 Å². The smallest absolute Gasteiger partial charge is 0.275 e. The standard InChI is InChI=1S/C17H20N4O2S/c1-13-19-21-16(22)11-14(18-17(21)24-13)12-20(2)9-6-10-23-15-7-4-3-5-8-15/h3-5,7-8,11H,6,9-10,12H2,1-2H3. The number of benzene rings is 1. The second-order valence-electron chi connectivity index (χ2n) is 5.65. The summed E-state index contributed by atoms with van der Waals surface area (Å²) in [5, 5.41) is 4.99. The van der Waals surface area contributed by atoms with E-state index in [0.717, 1.165) is 29.4 Å². The molecule has 0 aliphatic heterocycles. The third kappa shape index (κ3) is 4.18. The van der Waals surface area contributed by atoms with Gasteiger partial charge < -0.3 is 9.64 Å². The van der Waals surface area contributed by atoms with Crippen molar-refractivity contribution in [1.29, 1.82) is 0 Å². The van der Waals surface area contributed by atoms with Crippen molar-refractivity contribution in [1.82, 2.24) is 19.5 Å². The number of aryl methyl sites for hydroxylation is 1. The SMILES string of the molecule is Cc1nn2c(=O)cc(CN(C)CCCOc3ccccc3)nc2s1. The van der Waals surface area contributed by atoms with Crippen molar-refractivity contribution in [2.24, 2.45) is 0 Å². The molecule has 0 aliphatic carbocycles. The molecule has 0 saturated heterocycles. The monoisotopic (exact) mass is 344 g/mol. The molecule has 0 aliphatic rings. The van der Waals surface area contributed by atoms with Gasteiger partial charge in [0.15, 0.2) is 0 Å². The van der Waals surface area contributed by atoms with Gasteiger partial charge in [0.25, 0.3) is 5.56 Å². The molecule has 0 atom stereocenters. The van der Waals surface area contributed by atoms with E-state index < -0.39 is 0 Å². The third-order valence-electron chi connectivity index (χ3n) is 3.53. The molecule has 126 valence electrons. The molecule has 3 rings (SSSR count). The van der Waals surface area contributed by atoms with Gasteiger partial charge >= 0.3 is 0 Å². The zero-order chi connectivity index (χ0) is 16.9. The number of ether oxygens (including phenoxy) is 1. The second kappa shape index (κ2) is 7.55. The number of rotatable bonds is 7. The minimum Gasteiger partial charge on any atom is -0.494 e. The summed E-state index contributed by atoms with van der Waals surface area (Å²) in [6.45, 7) is 4.04. The van der Waals surface area contributed by atoms with Crippen LogP contribution in [0.2, 0.25) is 0 Å². The lowest BCUT2D eigenvalue weighted by atomic mass is 10.3. The van der Waals surface area contributed by atoms with E-state index in [1.54, 1.807) is 6.07 Å². The highest BCUT2D eigenvalue weighted by atomic mass is 32.1. The molecule has 0 amide bonds. The lowest BCUT2D eigenvalue weighted by Crippen LogP contribution is -2.23. The van der Waals surface area contributed by atoms with Gasteiger partial charge in [-0.05, 0) is 32.5 Å². The van der Waals surface area contributed by atoms with Gasteiger partial charge in [-0.3, -0.25) is 4.79 Å². The number of para-hydroxylation sites is 1. The van der Waals surface area contributed by atoms with Crippen molar-refractivity contribution < 1.29 is 4.74 Å². The Bertz CT molecular complexity index is 860. The van der Waals surface area contributed by atoms with Gasteiger partial charge in [-0.15, -0.1) is 0 Å². The zero-order valence-corrected chi connectivity index (χ0v) is 14.6. The average molecular weight is 344 g/mol. The molecule has 7 heteroatoms. The van der Waals surface area contributed by atoms with Crippen LogP contribution in [-0.4, -0.2) is 39.7 Å². The summed E-state index contributed by atoms with van der Waals surface area (Å²) in [6, 6.07) is 11.4. The predicted molar refractivity (Wildman–Crippen MR) is 94.8 cm³/mol. The molecule has 0 bridgehead atoms. The molecule has 24 heavy (non-hydrogen) atoms. The fraction of sp³-hybridized carbons (Fsp3) is 0.353. The van der Waals surface area contributed by atoms with Gasteiger partial charge in [-0.25, -0.2) is 4.98 Å². The van der Waals surface area contributed by atoms with E-state index in [9.17, 15) is 4.79 Å². The summed E-state index contributed by atoms with van der Waals surface area (Å²) in [5.74, 6) is 0.890. The van der Waals surface area contributed by atoms with E-state index >= 15 is 0 Å². The molecule has 0 unspecified atom stereocenters. The number of hydrogen-bond donors (Lipinski definition) is 0. The summed E-state index contributed by atoms with van der Waals surface area (Å²) in [6.07, 6.45) is 0.909. The van der Waals surface area contributed by atoms with Crippen molar-refractivity contribution >= 4 is 16.3 Å². The molecule has 2 aromatic heterocycles. The summed E-state index contributed by atoms with van der Waals surface area (Å²) in [4.78, 5) is 19.3. The van der Waals surface area contributed by atoms with Crippen molar-refractivity contribution in [3.63, 3.8) is 0 Å². The highest BCUT2D eigenvalue weighted by Crippen LogP contribution is 2.11. The van der Waals surface area contributed by atoms with E-state index in [-0.39, 0.29) is 5.56 Å². The molecular formula is C17H20N4O2S. The minimum atomic E-state index is -0.125. The topological polar surface area (TPSA) is 59.7 Å². The summed E-state index contributed by atoms with van der Waals surface area (Å²) < 4.78 is 7.04. The lowest BCUT2D eigenvalue weighted by Gasteiger charge is -2.16. The number of aromatic nitrogens is 3. The molecule has 0 fully saturated rings. The molecule has 3 aromatic rings. The van der Waals surface area contributed by atoms with Crippen LogP contribution in [-0.2, 0) is 6.54 Å². The van der Waals surface area contributed by atoms with Crippen LogP contribution in [0.1, 0.15) is 17.1 Å². The van der Waals surface area contributed by atoms with Gasteiger partial charge in [0.1, 0.15) is 10.8 Å². The van der Waals surface area contributed by atoms with E-state index in [1.165, 1.54) is 15.9 Å². The molecular weight excluding hydrogens is 324 g/mol. The van der Waals surface area contributed by atoms with Gasteiger partial charge in [0.2, 0.25) is 4.96 Å². The molecule has 0 radical (unpaired) electrons. The zero-order valence-electron chi connectivity index (χ0n) is 13.8. The molecule has 6 nitrogen and oxygen atoms in total. The van der Waals surface area contributed by atoms with Crippen LogP contribution in [0.25, 0.3) is 4.96 Å². The number of fused-ring (bicyclic) bond motifs is 1. The van der Waals surface area contributed by atoms with Gasteiger partial charge in [-0.2, -0.15) is 9.61 Å². The predicted octanol–water partition coefficient (Wildman–Crippen LogP) is 2.36. The summed E-state index contributed by atoms with van der Waals surface area (Å²) in [5.41, 5.74) is 0.648. The van der Waals surface area contributed by atoms with Gasteiger partial charge in [-0.1, -0.05) is 29.5 Å². The molecule has 2 heterocycles. The van der Waals surface area contributed by atoms with Crippen molar-refractivity contribution in [3.8, 4) is 5.75 Å². The van der Waals surface area contributed by atoms with E-state index in [2.05, 4.69) is 15.0 Å². The Labute approximate surface area is 144 Å². The van der Waals surface area contributed by atoms with Crippen LogP contribution >= 0.6 is 11.3 Å². The largest absolute Gasteiger partial charge is 0.494 e. The Morgan fingerprint density at radius 3 is 2.88 bits per heavy atom. The molecule has 0 N–H and O–H groups in total. The first-order chi connectivity index (χ1) is 11.6. The maximum atomic E-state index is 12.0. The number of hydrogen-bond acceptors (Lipinski definition) is 6. The van der Waals surface area contributed by atoms with E-state index in [0.29, 0.717) is 18.1 Å². The maximum absolute atomic E-state index is 12.0. The first-order valence-electron chi connectivity index (χ1n) is 7.84. The van der Waals surface area contributed by atoms with Crippen molar-refractivity contribution in [2.45, 2.75) is 19.9 Å². The Morgan fingerprint density at radius 1 is 1.29 bits per heavy atom. The molecule has 0 spiro atoms. The third-order valence-corrected chi connectivity index (χ3v) is 4.35. The summed E-state index contributed by atoms with van der Waals surface area (Å²) in [7, 11) is 2.02. The normalized spacial score (nSPS) is 11.3. The number of nitrogens with zero attached hydrogens (tertiary/aromatic N) is 4. The maximum Gasteiger partial charge on any atom is 0.275 e. The van der Waals surface area contributed by atoms with Crippen LogP contribution in [0.3, 0.4) is 0 Å². The van der Waals surface area contributed by atoms with Crippen LogP contribution in [0.5, 0.6) is 5.75 Å². The van der Waals surface area contributed by atoms with Crippen LogP contribution in [0, 0.1) is 6.92 Å². The molecule has 0 saturated carbocycles. The van der Waals surface area contributed by atoms with Gasteiger partial charge in [0.05, 0.1) is 12.3 Å². The summed E-state index contributed by atoms with van der Waals surface area (Å²) >= 11 is 1.43. The van der Waals surface area contributed by atoms with E-state index in [4.69, 9.17) is 4.74 Å². The highest BCUT2D eigenvalue weighted by Gasteiger charge is 2.08. The first-order valence-corrected chi connectivity index (χ1v) is 8.66. The Balaban J connectivity index is 1.51. The Kier molecular flexibility index (Phi) is 5.22. The van der Waals surface area contributed by atoms with Crippen molar-refractivity contribution in [3.05, 3.63) is 57.5 Å². The minimum absolute atomic E-state index is 0.125. The highest BCUT2D eigenvalue weighted by molar-refractivity contribution is 7.16. The second-order valence-corrected chi connectivity index (χ2v) is 6.81. The fourth-order valence-electron chi connectivity index (χ4n) is 2.43. The molecule has 1 aromatic carbocycles. The first kappa shape index (κ1) is 16.6. The van der Waals surface area contributed by atoms with E-state index in [1.807, 2.05) is 44.3 Å². The average Bonchev–Trinajstić information content (AvgIpc) is 2.93. The quantitative estimate of drug-likeness (QED) is 0.616. The van der Waals surface area contributed by atoms with Crippen molar-refractivity contribution in [2.75, 3.05) is 20.2 Å². The fourth-order valence-corrected chi connectivity index (χ4v) is 3.20. The van der Waals surface area contributed by atoms with Crippen LogP contribution in [0.4, 0.5) is 0 Å². The van der Waals surface area contributed by atoms with Crippen LogP contribution in [0.15, 0.2) is 41.2 Å². The Morgan fingerprint density at radius 2 is 2.08 bits per heavy atom. The Hall–Kier alpha value is -2.25. The van der Waals surface area contributed by atoms with Gasteiger partial charge in [0, 0.05) is 19.2 Å².